The Balaban J connectivity index is 2.67. The zero-order valence-corrected chi connectivity index (χ0v) is 9.78. The summed E-state index contributed by atoms with van der Waals surface area (Å²) in [7, 11) is 1.40. The van der Waals surface area contributed by atoms with Crippen LogP contribution in [-0.2, 0) is 19.0 Å². The van der Waals surface area contributed by atoms with Crippen molar-refractivity contribution in [3.8, 4) is 0 Å². The normalized spacial score (nSPS) is 37.8. The molecule has 17 heavy (non-hydrogen) atoms. The summed E-state index contributed by atoms with van der Waals surface area (Å²) < 4.78 is 14.8. The lowest BCUT2D eigenvalue weighted by molar-refractivity contribution is -0.293. The van der Waals surface area contributed by atoms with Crippen molar-refractivity contribution in [2.75, 3.05) is 13.7 Å². The zero-order chi connectivity index (χ0) is 13.0. The van der Waals surface area contributed by atoms with Gasteiger partial charge in [-0.05, 0) is 0 Å². The lowest BCUT2D eigenvalue weighted by atomic mass is 9.99. The van der Waals surface area contributed by atoms with E-state index in [1.807, 2.05) is 0 Å². The van der Waals surface area contributed by atoms with E-state index in [4.69, 9.17) is 14.2 Å². The van der Waals surface area contributed by atoms with Crippen LogP contribution >= 0.6 is 0 Å². The molecule has 0 saturated carbocycles. The van der Waals surface area contributed by atoms with E-state index in [2.05, 4.69) is 0 Å². The van der Waals surface area contributed by atoms with Gasteiger partial charge in [0.1, 0.15) is 24.4 Å². The van der Waals surface area contributed by atoms with Crippen molar-refractivity contribution in [3.05, 3.63) is 0 Å². The van der Waals surface area contributed by atoms with Gasteiger partial charge < -0.3 is 29.5 Å². The number of hydrogen-bond donors (Lipinski definition) is 3. The third kappa shape index (κ3) is 3.36. The molecular formula is C10H18O7. The fraction of sp³-hybridized carbons (Fsp3) is 0.900. The van der Waals surface area contributed by atoms with Crippen LogP contribution in [0.5, 0.6) is 0 Å². The van der Waals surface area contributed by atoms with E-state index in [-0.39, 0.29) is 13.0 Å². The maximum atomic E-state index is 11.1. The molecule has 3 N–H and O–H groups in total. The second-order valence-corrected chi connectivity index (χ2v) is 3.81. The van der Waals surface area contributed by atoms with Crippen LogP contribution in [0.2, 0.25) is 0 Å². The van der Waals surface area contributed by atoms with Crippen LogP contribution < -0.4 is 0 Å². The molecule has 1 aliphatic rings. The van der Waals surface area contributed by atoms with Gasteiger partial charge in [-0.3, -0.25) is 4.79 Å². The molecule has 1 heterocycles. The van der Waals surface area contributed by atoms with Gasteiger partial charge >= 0.3 is 5.97 Å². The van der Waals surface area contributed by atoms with E-state index in [1.165, 1.54) is 7.11 Å². The Kier molecular flexibility index (Phi) is 5.29. The first-order valence-corrected chi connectivity index (χ1v) is 5.39. The van der Waals surface area contributed by atoms with Crippen LogP contribution in [0.1, 0.15) is 13.3 Å². The molecular weight excluding hydrogens is 232 g/mol. The first-order chi connectivity index (χ1) is 8.01. The molecule has 5 atom stereocenters. The minimum absolute atomic E-state index is 0.0190. The number of methoxy groups -OCH3 is 1. The Hall–Kier alpha value is -0.730. The van der Waals surface area contributed by atoms with Crippen molar-refractivity contribution in [3.63, 3.8) is 0 Å². The summed E-state index contributed by atoms with van der Waals surface area (Å²) >= 11 is 0. The Morgan fingerprint density at radius 3 is 2.41 bits per heavy atom. The standard InChI is InChI=1S/C10H18O7/c1-3-6(11)17-10-9(14)8(13)7(12)5(16-10)4-15-2/h5,7-10,12-14H,3-4H2,1-2H3/t5-,7-,8+,9-,10-/m1/s1. The highest BCUT2D eigenvalue weighted by molar-refractivity contribution is 5.69. The lowest BCUT2D eigenvalue weighted by Gasteiger charge is -2.39. The van der Waals surface area contributed by atoms with Crippen LogP contribution in [0, 0.1) is 0 Å². The van der Waals surface area contributed by atoms with E-state index in [1.54, 1.807) is 6.92 Å². The van der Waals surface area contributed by atoms with E-state index >= 15 is 0 Å². The zero-order valence-electron chi connectivity index (χ0n) is 9.78. The van der Waals surface area contributed by atoms with Crippen molar-refractivity contribution < 1.29 is 34.3 Å². The predicted molar refractivity (Wildman–Crippen MR) is 54.9 cm³/mol. The van der Waals surface area contributed by atoms with Gasteiger partial charge in [-0.15, -0.1) is 0 Å². The summed E-state index contributed by atoms with van der Waals surface area (Å²) in [5.74, 6) is -0.561. The number of carbonyl (C=O) groups excluding carboxylic acids is 1. The highest BCUT2D eigenvalue weighted by atomic mass is 16.7. The maximum Gasteiger partial charge on any atom is 0.307 e. The monoisotopic (exact) mass is 250 g/mol. The van der Waals surface area contributed by atoms with Gasteiger partial charge in [0.15, 0.2) is 0 Å². The summed E-state index contributed by atoms with van der Waals surface area (Å²) in [6.07, 6.45) is -6.23. The molecule has 1 aliphatic heterocycles. The molecule has 0 aromatic heterocycles. The Morgan fingerprint density at radius 1 is 1.24 bits per heavy atom. The van der Waals surface area contributed by atoms with Crippen LogP contribution in [-0.4, -0.2) is 65.7 Å². The average molecular weight is 250 g/mol. The molecule has 0 aromatic rings. The summed E-state index contributed by atoms with van der Waals surface area (Å²) in [6, 6.07) is 0. The Morgan fingerprint density at radius 2 is 1.88 bits per heavy atom. The van der Waals surface area contributed by atoms with Gasteiger partial charge in [0.05, 0.1) is 6.61 Å². The van der Waals surface area contributed by atoms with E-state index < -0.39 is 36.7 Å². The van der Waals surface area contributed by atoms with Crippen LogP contribution in [0.3, 0.4) is 0 Å². The number of carbonyl (C=O) groups is 1. The summed E-state index contributed by atoms with van der Waals surface area (Å²) in [4.78, 5) is 11.1. The number of aliphatic hydroxyl groups is 3. The highest BCUT2D eigenvalue weighted by Gasteiger charge is 2.45. The Labute approximate surface area is 98.9 Å². The molecule has 1 rings (SSSR count). The first-order valence-electron chi connectivity index (χ1n) is 5.39. The molecule has 0 spiro atoms. The van der Waals surface area contributed by atoms with E-state index in [9.17, 15) is 20.1 Å². The molecule has 0 aromatic carbocycles. The molecule has 0 unspecified atom stereocenters. The number of hydrogen-bond acceptors (Lipinski definition) is 7. The largest absolute Gasteiger partial charge is 0.433 e. The van der Waals surface area contributed by atoms with Gasteiger partial charge in [0, 0.05) is 13.5 Å². The number of ether oxygens (including phenoxy) is 3. The molecule has 1 saturated heterocycles. The Bertz CT molecular complexity index is 257. The van der Waals surface area contributed by atoms with E-state index in [0.717, 1.165) is 0 Å². The van der Waals surface area contributed by atoms with E-state index in [0.29, 0.717) is 0 Å². The molecule has 0 aliphatic carbocycles. The fourth-order valence-corrected chi connectivity index (χ4v) is 1.53. The molecule has 0 radical (unpaired) electrons. The SMILES string of the molecule is CCC(=O)O[C@H]1O[C@H](COC)[C@@H](O)[C@H](O)[C@H]1O. The second kappa shape index (κ2) is 6.27. The fourth-order valence-electron chi connectivity index (χ4n) is 1.53. The average Bonchev–Trinajstić information content (AvgIpc) is 2.32. The van der Waals surface area contributed by atoms with Crippen molar-refractivity contribution in [1.29, 1.82) is 0 Å². The van der Waals surface area contributed by atoms with Crippen molar-refractivity contribution in [2.45, 2.75) is 44.1 Å². The van der Waals surface area contributed by atoms with Crippen molar-refractivity contribution >= 4 is 5.97 Å². The minimum Gasteiger partial charge on any atom is -0.433 e. The molecule has 7 nitrogen and oxygen atoms in total. The maximum absolute atomic E-state index is 11.1. The number of aliphatic hydroxyl groups excluding tert-OH is 3. The van der Waals surface area contributed by atoms with Gasteiger partial charge in [-0.1, -0.05) is 6.92 Å². The molecule has 0 amide bonds. The van der Waals surface area contributed by atoms with Crippen molar-refractivity contribution in [2.24, 2.45) is 0 Å². The van der Waals surface area contributed by atoms with Gasteiger partial charge in [0.25, 0.3) is 0 Å². The quantitative estimate of drug-likeness (QED) is 0.516. The van der Waals surface area contributed by atoms with Crippen LogP contribution in [0.4, 0.5) is 0 Å². The third-order valence-corrected chi connectivity index (χ3v) is 2.54. The molecule has 0 bridgehead atoms. The van der Waals surface area contributed by atoms with Crippen molar-refractivity contribution in [1.82, 2.24) is 0 Å². The number of rotatable bonds is 4. The summed E-state index contributed by atoms with van der Waals surface area (Å²) in [6.45, 7) is 1.61. The van der Waals surface area contributed by atoms with Crippen LogP contribution in [0.15, 0.2) is 0 Å². The third-order valence-electron chi connectivity index (χ3n) is 2.54. The smallest absolute Gasteiger partial charge is 0.307 e. The molecule has 1 fully saturated rings. The highest BCUT2D eigenvalue weighted by Crippen LogP contribution is 2.22. The summed E-state index contributed by atoms with van der Waals surface area (Å²) in [5, 5.41) is 28.8. The van der Waals surface area contributed by atoms with Gasteiger partial charge in [0.2, 0.25) is 6.29 Å². The predicted octanol–water partition coefficient (Wildman–Crippen LogP) is -1.61. The molecule has 100 valence electrons. The molecule has 7 heteroatoms. The number of esters is 1. The topological polar surface area (TPSA) is 105 Å². The minimum atomic E-state index is -1.48. The van der Waals surface area contributed by atoms with Gasteiger partial charge in [-0.25, -0.2) is 0 Å². The lowest BCUT2D eigenvalue weighted by Crippen LogP contribution is -2.59. The van der Waals surface area contributed by atoms with Crippen LogP contribution in [0.25, 0.3) is 0 Å². The van der Waals surface area contributed by atoms with Gasteiger partial charge in [-0.2, -0.15) is 0 Å². The summed E-state index contributed by atoms with van der Waals surface area (Å²) in [5.41, 5.74) is 0. The first kappa shape index (κ1) is 14.3. The second-order valence-electron chi connectivity index (χ2n) is 3.81.